The number of methoxy groups -OCH3 is 2. The number of ether oxygens (including phenoxy) is 6. The van der Waals surface area contributed by atoms with Crippen molar-refractivity contribution >= 4 is 53.4 Å². The maximum Gasteiger partial charge on any atom is 0.188 e. The van der Waals surface area contributed by atoms with E-state index in [4.69, 9.17) is 28.4 Å². The molecule has 0 fully saturated rings. The summed E-state index contributed by atoms with van der Waals surface area (Å²) in [7, 11) is 3.21. The molecule has 0 unspecified atom stereocenters. The SMILES string of the molecule is COCOc1ccc2cc(Br)c(OCc3ccccc3)cc2c1-c1c(OCOC)ccc2cc(Br)c(OCc3ccccc3)cc12. The minimum absolute atomic E-state index is 0.0718. The smallest absolute Gasteiger partial charge is 0.188 e. The first-order chi connectivity index (χ1) is 22.6. The lowest BCUT2D eigenvalue weighted by molar-refractivity contribution is 0.0502. The fraction of sp³-hybridized carbons (Fsp3) is 0.158. The van der Waals surface area contributed by atoms with Crippen molar-refractivity contribution in [2.45, 2.75) is 13.2 Å². The van der Waals surface area contributed by atoms with Gasteiger partial charge in [0.15, 0.2) is 13.6 Å². The van der Waals surface area contributed by atoms with Gasteiger partial charge in [0.1, 0.15) is 36.2 Å². The van der Waals surface area contributed by atoms with Crippen molar-refractivity contribution in [1.82, 2.24) is 0 Å². The molecule has 0 aliphatic rings. The molecule has 0 atom stereocenters. The molecule has 0 N–H and O–H groups in total. The fourth-order valence-electron chi connectivity index (χ4n) is 5.30. The molecule has 0 bridgehead atoms. The lowest BCUT2D eigenvalue weighted by Gasteiger charge is -2.21. The van der Waals surface area contributed by atoms with Gasteiger partial charge in [-0.2, -0.15) is 0 Å². The van der Waals surface area contributed by atoms with Crippen LogP contribution in [-0.4, -0.2) is 27.8 Å². The Bertz CT molecular complexity index is 1800. The molecule has 0 saturated heterocycles. The van der Waals surface area contributed by atoms with E-state index in [0.717, 1.165) is 52.7 Å². The molecule has 0 amide bonds. The Morgan fingerprint density at radius 3 is 1.26 bits per heavy atom. The second kappa shape index (κ2) is 15.0. The van der Waals surface area contributed by atoms with E-state index in [1.807, 2.05) is 97.1 Å². The normalized spacial score (nSPS) is 11.1. The average molecular weight is 744 g/mol. The van der Waals surface area contributed by atoms with Crippen molar-refractivity contribution in [2.75, 3.05) is 27.8 Å². The third-order valence-electron chi connectivity index (χ3n) is 7.46. The van der Waals surface area contributed by atoms with Gasteiger partial charge in [0.05, 0.1) is 8.95 Å². The van der Waals surface area contributed by atoms with E-state index in [1.165, 1.54) is 0 Å². The molecular weight excluding hydrogens is 712 g/mol. The number of hydrogen-bond donors (Lipinski definition) is 0. The molecule has 46 heavy (non-hydrogen) atoms. The van der Waals surface area contributed by atoms with E-state index < -0.39 is 0 Å². The van der Waals surface area contributed by atoms with Crippen LogP contribution in [0, 0.1) is 0 Å². The van der Waals surface area contributed by atoms with Gasteiger partial charge in [-0.15, -0.1) is 0 Å². The summed E-state index contributed by atoms with van der Waals surface area (Å²) in [4.78, 5) is 0. The number of rotatable bonds is 13. The fourth-order valence-corrected chi connectivity index (χ4v) is 6.25. The van der Waals surface area contributed by atoms with Gasteiger partial charge >= 0.3 is 0 Å². The minimum atomic E-state index is 0.0718. The van der Waals surface area contributed by atoms with Crippen LogP contribution in [0.3, 0.4) is 0 Å². The van der Waals surface area contributed by atoms with Crippen LogP contribution >= 0.6 is 31.9 Å². The molecule has 0 saturated carbocycles. The highest BCUT2D eigenvalue weighted by molar-refractivity contribution is 9.11. The van der Waals surface area contributed by atoms with Crippen LogP contribution in [-0.2, 0) is 22.7 Å². The van der Waals surface area contributed by atoms with Crippen LogP contribution in [0.4, 0.5) is 0 Å². The summed E-state index contributed by atoms with van der Waals surface area (Å²) in [6.45, 7) is 0.990. The van der Waals surface area contributed by atoms with Gasteiger partial charge in [0.25, 0.3) is 0 Å². The third-order valence-corrected chi connectivity index (χ3v) is 8.70. The third kappa shape index (κ3) is 7.16. The Labute approximate surface area is 285 Å². The van der Waals surface area contributed by atoms with Crippen molar-refractivity contribution < 1.29 is 28.4 Å². The largest absolute Gasteiger partial charge is 0.488 e. The van der Waals surface area contributed by atoms with Crippen molar-refractivity contribution in [1.29, 1.82) is 0 Å². The minimum Gasteiger partial charge on any atom is -0.488 e. The maximum atomic E-state index is 6.34. The number of fused-ring (bicyclic) bond motifs is 2. The lowest BCUT2D eigenvalue weighted by atomic mass is 9.92. The second-order valence-electron chi connectivity index (χ2n) is 10.5. The van der Waals surface area contributed by atoms with Crippen LogP contribution < -0.4 is 18.9 Å². The number of benzene rings is 6. The quantitative estimate of drug-likeness (QED) is 0.110. The first-order valence-corrected chi connectivity index (χ1v) is 16.2. The van der Waals surface area contributed by atoms with Crippen molar-refractivity contribution in [3.05, 3.63) is 129 Å². The monoisotopic (exact) mass is 742 g/mol. The van der Waals surface area contributed by atoms with E-state index >= 15 is 0 Å². The van der Waals surface area contributed by atoms with Gasteiger partial charge in [-0.1, -0.05) is 72.8 Å². The summed E-state index contributed by atoms with van der Waals surface area (Å²) in [5, 5.41) is 3.82. The van der Waals surface area contributed by atoms with E-state index in [1.54, 1.807) is 14.2 Å². The van der Waals surface area contributed by atoms with E-state index in [0.29, 0.717) is 36.2 Å². The number of hydrogen-bond acceptors (Lipinski definition) is 6. The molecule has 6 aromatic rings. The molecule has 0 heterocycles. The van der Waals surface area contributed by atoms with Crippen LogP contribution in [0.25, 0.3) is 32.7 Å². The highest BCUT2D eigenvalue weighted by Gasteiger charge is 2.22. The first kappa shape index (κ1) is 31.9. The zero-order chi connectivity index (χ0) is 31.9. The molecule has 0 radical (unpaired) electrons. The van der Waals surface area contributed by atoms with Gasteiger partial charge in [0, 0.05) is 25.3 Å². The van der Waals surface area contributed by atoms with Gasteiger partial charge < -0.3 is 28.4 Å². The maximum absolute atomic E-state index is 6.34. The average Bonchev–Trinajstić information content (AvgIpc) is 3.08. The molecule has 234 valence electrons. The van der Waals surface area contributed by atoms with Crippen LogP contribution in [0.5, 0.6) is 23.0 Å². The molecular formula is C38H32Br2O6. The summed E-state index contributed by atoms with van der Waals surface area (Å²) in [5.41, 5.74) is 3.81. The van der Waals surface area contributed by atoms with Gasteiger partial charge in [0.2, 0.25) is 0 Å². The number of halogens is 2. The Morgan fingerprint density at radius 2 is 0.870 bits per heavy atom. The van der Waals surface area contributed by atoms with Gasteiger partial charge in [-0.25, -0.2) is 0 Å². The first-order valence-electron chi connectivity index (χ1n) is 14.7. The summed E-state index contributed by atoms with van der Waals surface area (Å²) >= 11 is 7.47. The zero-order valence-electron chi connectivity index (χ0n) is 25.4. The van der Waals surface area contributed by atoms with Crippen LogP contribution in [0.1, 0.15) is 11.1 Å². The molecule has 0 spiro atoms. The summed E-state index contributed by atoms with van der Waals surface area (Å²) in [5.74, 6) is 2.68. The Morgan fingerprint density at radius 1 is 0.457 bits per heavy atom. The van der Waals surface area contributed by atoms with Gasteiger partial charge in [-0.3, -0.25) is 0 Å². The van der Waals surface area contributed by atoms with E-state index in [-0.39, 0.29) is 13.6 Å². The van der Waals surface area contributed by atoms with Crippen molar-refractivity contribution in [3.63, 3.8) is 0 Å². The Kier molecular flexibility index (Phi) is 10.4. The molecule has 8 heteroatoms. The predicted octanol–water partition coefficient (Wildman–Crippen LogP) is 10.3. The molecule has 6 aromatic carbocycles. The highest BCUT2D eigenvalue weighted by Crippen LogP contribution is 2.48. The van der Waals surface area contributed by atoms with Gasteiger partial charge in [-0.05, 0) is 101 Å². The zero-order valence-corrected chi connectivity index (χ0v) is 28.6. The van der Waals surface area contributed by atoms with Crippen molar-refractivity contribution in [2.24, 2.45) is 0 Å². The molecule has 0 aliphatic carbocycles. The Hall–Kier alpha value is -4.08. The molecule has 0 aromatic heterocycles. The predicted molar refractivity (Wildman–Crippen MR) is 189 cm³/mol. The topological polar surface area (TPSA) is 55.4 Å². The highest BCUT2D eigenvalue weighted by atomic mass is 79.9. The standard InChI is InChI=1S/C38H32Br2O6/c1-41-23-45-33-15-13-27-17-31(39)35(43-21-25-9-5-3-6-10-25)19-29(27)37(33)38-30-20-36(44-22-26-11-7-4-8-12-26)32(40)18-28(30)14-16-34(38)46-24-42-2/h3-20H,21-24H2,1-2H3. The van der Waals surface area contributed by atoms with Crippen molar-refractivity contribution in [3.8, 4) is 34.1 Å². The summed E-state index contributed by atoms with van der Waals surface area (Å²) < 4.78 is 37.5. The second-order valence-corrected chi connectivity index (χ2v) is 12.2. The molecule has 6 nitrogen and oxygen atoms in total. The summed E-state index contributed by atoms with van der Waals surface area (Å²) in [6.07, 6.45) is 0. The lowest BCUT2D eigenvalue weighted by Crippen LogP contribution is -2.04. The summed E-state index contributed by atoms with van der Waals surface area (Å²) in [6, 6.07) is 36.4. The van der Waals surface area contributed by atoms with Crippen LogP contribution in [0.15, 0.2) is 118 Å². The molecule has 0 aliphatic heterocycles. The van der Waals surface area contributed by atoms with E-state index in [2.05, 4.69) is 44.0 Å². The van der Waals surface area contributed by atoms with Crippen LogP contribution in [0.2, 0.25) is 0 Å². The molecule has 6 rings (SSSR count). The van der Waals surface area contributed by atoms with E-state index in [9.17, 15) is 0 Å². The Balaban J connectivity index is 1.55.